The van der Waals surface area contributed by atoms with E-state index in [0.29, 0.717) is 29.2 Å². The van der Waals surface area contributed by atoms with Crippen LogP contribution in [0, 0.1) is 29.2 Å². The average Bonchev–Trinajstić information content (AvgIpc) is 2.94. The minimum absolute atomic E-state index is 0.0253. The van der Waals surface area contributed by atoms with Gasteiger partial charge in [0, 0.05) is 11.1 Å². The van der Waals surface area contributed by atoms with Crippen LogP contribution in [0.5, 0.6) is 5.75 Å². The first-order valence-corrected chi connectivity index (χ1v) is 13.7. The maximum Gasteiger partial charge on any atom is 0.201 e. The second-order valence-corrected chi connectivity index (χ2v) is 10.3. The van der Waals surface area contributed by atoms with Gasteiger partial charge in [0.2, 0.25) is 5.82 Å². The van der Waals surface area contributed by atoms with Gasteiger partial charge in [-0.2, -0.15) is 4.39 Å². The lowest BCUT2D eigenvalue weighted by molar-refractivity contribution is 0.286. The zero-order valence-corrected chi connectivity index (χ0v) is 22.0. The molecule has 5 heteroatoms. The summed E-state index contributed by atoms with van der Waals surface area (Å²) in [6.45, 7) is 6.16. The molecule has 1 aliphatic carbocycles. The van der Waals surface area contributed by atoms with Crippen molar-refractivity contribution in [3.63, 3.8) is 0 Å². The molecule has 4 rings (SSSR count). The lowest BCUT2D eigenvalue weighted by Crippen LogP contribution is -2.15. The van der Waals surface area contributed by atoms with Gasteiger partial charge < -0.3 is 4.74 Å². The van der Waals surface area contributed by atoms with Gasteiger partial charge in [-0.05, 0) is 85.6 Å². The van der Waals surface area contributed by atoms with Crippen molar-refractivity contribution in [2.75, 3.05) is 6.61 Å². The summed E-state index contributed by atoms with van der Waals surface area (Å²) in [7, 11) is 0. The van der Waals surface area contributed by atoms with E-state index in [4.69, 9.17) is 4.74 Å². The summed E-state index contributed by atoms with van der Waals surface area (Å²) in [6, 6.07) is 12.6. The zero-order chi connectivity index (χ0) is 27.1. The van der Waals surface area contributed by atoms with Gasteiger partial charge in [0.15, 0.2) is 23.2 Å². The van der Waals surface area contributed by atoms with Gasteiger partial charge in [0.05, 0.1) is 6.61 Å². The monoisotopic (exact) mass is 524 g/mol. The molecule has 1 saturated carbocycles. The Bertz CT molecular complexity index is 1230. The SMILES string of the molecule is C=CCCC1CCC(c2ccc(-c3ccc(-c4ccc(OCCCCC)c(F)c4F)cc3)c(F)c2F)CC1. The lowest BCUT2D eigenvalue weighted by atomic mass is 9.77. The summed E-state index contributed by atoms with van der Waals surface area (Å²) < 4.78 is 65.1. The van der Waals surface area contributed by atoms with Crippen LogP contribution in [-0.2, 0) is 0 Å². The van der Waals surface area contributed by atoms with E-state index >= 15 is 8.78 Å². The van der Waals surface area contributed by atoms with Gasteiger partial charge in [-0.1, -0.05) is 62.2 Å². The molecule has 1 aliphatic rings. The second-order valence-electron chi connectivity index (χ2n) is 10.3. The van der Waals surface area contributed by atoms with Gasteiger partial charge >= 0.3 is 0 Å². The van der Waals surface area contributed by atoms with Crippen molar-refractivity contribution in [1.82, 2.24) is 0 Å². The Hall–Kier alpha value is -3.08. The summed E-state index contributed by atoms with van der Waals surface area (Å²) in [5, 5.41) is 0. The van der Waals surface area contributed by atoms with Crippen molar-refractivity contribution in [2.45, 2.75) is 70.6 Å². The topological polar surface area (TPSA) is 9.23 Å². The third kappa shape index (κ3) is 6.31. The molecule has 0 heterocycles. The highest BCUT2D eigenvalue weighted by atomic mass is 19.2. The van der Waals surface area contributed by atoms with E-state index in [-0.39, 0.29) is 22.8 Å². The van der Waals surface area contributed by atoms with Crippen molar-refractivity contribution in [3.05, 3.63) is 90.0 Å². The lowest BCUT2D eigenvalue weighted by Gasteiger charge is -2.29. The fraction of sp³-hybridized carbons (Fsp3) is 0.394. The Morgan fingerprint density at radius 2 is 1.37 bits per heavy atom. The van der Waals surface area contributed by atoms with Gasteiger partial charge in [-0.25, -0.2) is 13.2 Å². The average molecular weight is 525 g/mol. The molecule has 38 heavy (non-hydrogen) atoms. The van der Waals surface area contributed by atoms with Crippen molar-refractivity contribution in [3.8, 4) is 28.0 Å². The standard InChI is InChI=1S/C33H36F4O/c1-3-5-7-21-38-29-20-19-28(32(36)33(29)37)25-15-13-24(14-16-25)27-18-17-26(30(34)31(27)35)23-11-9-22(10-12-23)8-6-4-2/h4,13-20,22-23H,2-3,5-12,21H2,1H3. The molecule has 0 radical (unpaired) electrons. The summed E-state index contributed by atoms with van der Waals surface area (Å²) in [5.41, 5.74) is 1.59. The Kier molecular flexibility index (Phi) is 9.65. The van der Waals surface area contributed by atoms with Crippen LogP contribution in [0.25, 0.3) is 22.3 Å². The minimum Gasteiger partial charge on any atom is -0.490 e. The Labute approximate surface area is 223 Å². The molecule has 202 valence electrons. The number of benzene rings is 3. The highest BCUT2D eigenvalue weighted by molar-refractivity contribution is 5.72. The first-order chi connectivity index (χ1) is 18.4. The van der Waals surface area contributed by atoms with Crippen LogP contribution in [0.1, 0.15) is 76.2 Å². The van der Waals surface area contributed by atoms with Crippen LogP contribution in [0.2, 0.25) is 0 Å². The fourth-order valence-electron chi connectivity index (χ4n) is 5.45. The fourth-order valence-corrected chi connectivity index (χ4v) is 5.45. The van der Waals surface area contributed by atoms with Crippen LogP contribution in [0.15, 0.2) is 61.2 Å². The van der Waals surface area contributed by atoms with Gasteiger partial charge in [-0.3, -0.25) is 0 Å². The normalized spacial score (nSPS) is 17.4. The first kappa shape index (κ1) is 27.9. The minimum atomic E-state index is -1.03. The van der Waals surface area contributed by atoms with E-state index < -0.39 is 23.3 Å². The molecule has 0 bridgehead atoms. The van der Waals surface area contributed by atoms with Crippen LogP contribution < -0.4 is 4.74 Å². The second kappa shape index (κ2) is 13.1. The molecule has 3 aromatic rings. The highest BCUT2D eigenvalue weighted by Crippen LogP contribution is 2.40. The third-order valence-electron chi connectivity index (χ3n) is 7.74. The van der Waals surface area contributed by atoms with Crippen LogP contribution in [0.4, 0.5) is 17.6 Å². The predicted octanol–water partition coefficient (Wildman–Crippen LogP) is 10.4. The summed E-state index contributed by atoms with van der Waals surface area (Å²) in [4.78, 5) is 0. The van der Waals surface area contributed by atoms with Gasteiger partial charge in [0.25, 0.3) is 0 Å². The predicted molar refractivity (Wildman–Crippen MR) is 146 cm³/mol. The molecule has 1 nitrogen and oxygen atoms in total. The highest BCUT2D eigenvalue weighted by Gasteiger charge is 2.26. The Morgan fingerprint density at radius 3 is 1.97 bits per heavy atom. The number of halogens is 4. The largest absolute Gasteiger partial charge is 0.490 e. The van der Waals surface area contributed by atoms with E-state index in [0.717, 1.165) is 57.8 Å². The number of hydrogen-bond donors (Lipinski definition) is 0. The zero-order valence-electron chi connectivity index (χ0n) is 22.0. The van der Waals surface area contributed by atoms with Crippen LogP contribution in [-0.4, -0.2) is 6.61 Å². The Balaban J connectivity index is 1.48. The molecule has 0 spiro atoms. The van der Waals surface area contributed by atoms with E-state index in [9.17, 15) is 8.78 Å². The summed E-state index contributed by atoms with van der Waals surface area (Å²) >= 11 is 0. The summed E-state index contributed by atoms with van der Waals surface area (Å²) in [6.07, 6.45) is 10.5. The maximum atomic E-state index is 15.2. The van der Waals surface area contributed by atoms with Gasteiger partial charge in [0.1, 0.15) is 0 Å². The maximum absolute atomic E-state index is 15.2. The smallest absolute Gasteiger partial charge is 0.201 e. The number of ether oxygens (including phenoxy) is 1. The molecule has 1 fully saturated rings. The Morgan fingerprint density at radius 1 is 0.763 bits per heavy atom. The molecule has 3 aromatic carbocycles. The van der Waals surface area contributed by atoms with Crippen LogP contribution >= 0.6 is 0 Å². The van der Waals surface area contributed by atoms with Crippen molar-refractivity contribution in [2.24, 2.45) is 5.92 Å². The molecule has 0 atom stereocenters. The van der Waals surface area contributed by atoms with Crippen molar-refractivity contribution >= 4 is 0 Å². The molecule has 0 amide bonds. The quantitative estimate of drug-likeness (QED) is 0.138. The van der Waals surface area contributed by atoms with Crippen molar-refractivity contribution in [1.29, 1.82) is 0 Å². The summed E-state index contributed by atoms with van der Waals surface area (Å²) in [5.74, 6) is -3.13. The first-order valence-electron chi connectivity index (χ1n) is 13.7. The molecule has 0 aromatic heterocycles. The number of rotatable bonds is 11. The van der Waals surface area contributed by atoms with Crippen molar-refractivity contribution < 1.29 is 22.3 Å². The van der Waals surface area contributed by atoms with E-state index in [2.05, 4.69) is 13.5 Å². The van der Waals surface area contributed by atoms with E-state index in [1.54, 1.807) is 36.4 Å². The number of allylic oxidation sites excluding steroid dienone is 1. The molecule has 0 unspecified atom stereocenters. The third-order valence-corrected chi connectivity index (χ3v) is 7.74. The molecule has 0 aliphatic heterocycles. The number of unbranched alkanes of at least 4 members (excludes halogenated alkanes) is 2. The van der Waals surface area contributed by atoms with E-state index in [1.807, 2.05) is 6.08 Å². The number of hydrogen-bond acceptors (Lipinski definition) is 1. The van der Waals surface area contributed by atoms with Crippen LogP contribution in [0.3, 0.4) is 0 Å². The molecular formula is C33H36F4O. The van der Waals surface area contributed by atoms with Gasteiger partial charge in [-0.15, -0.1) is 6.58 Å². The molecule has 0 N–H and O–H groups in total. The van der Waals surface area contributed by atoms with E-state index in [1.165, 1.54) is 12.1 Å². The molecule has 0 saturated heterocycles. The molecular weight excluding hydrogens is 488 g/mol.